The number of aliphatic imine (C=N–C) groups is 1. The lowest BCUT2D eigenvalue weighted by atomic mass is 9.89. The van der Waals surface area contributed by atoms with Gasteiger partial charge in [-0.2, -0.15) is 0 Å². The van der Waals surface area contributed by atoms with Crippen molar-refractivity contribution in [2.45, 2.75) is 72.1 Å². The Bertz CT molecular complexity index is 486. The minimum absolute atomic E-state index is 0. The third-order valence-electron chi connectivity index (χ3n) is 4.34. The van der Waals surface area contributed by atoms with Gasteiger partial charge in [-0.1, -0.05) is 20.8 Å². The number of guanidine groups is 1. The predicted molar refractivity (Wildman–Crippen MR) is 121 cm³/mol. The number of rotatable bonds is 4. The monoisotopic (exact) mass is 498 g/mol. The van der Waals surface area contributed by atoms with Crippen LogP contribution in [-0.4, -0.2) is 68.5 Å². The molecule has 1 heterocycles. The van der Waals surface area contributed by atoms with E-state index in [-0.39, 0.29) is 47.6 Å². The lowest BCUT2D eigenvalue weighted by Gasteiger charge is -2.35. The molecule has 2 N–H and O–H groups in total. The highest BCUT2D eigenvalue weighted by molar-refractivity contribution is 14.0. The van der Waals surface area contributed by atoms with Crippen LogP contribution in [0.1, 0.15) is 54.4 Å². The molecule has 0 aromatic heterocycles. The molecule has 0 spiro atoms. The molecule has 1 aliphatic rings. The summed E-state index contributed by atoms with van der Waals surface area (Å²) in [7, 11) is 3.48. The average molecular weight is 498 g/mol. The van der Waals surface area contributed by atoms with Crippen molar-refractivity contribution >= 4 is 36.0 Å². The van der Waals surface area contributed by atoms with Gasteiger partial charge in [0.25, 0.3) is 0 Å². The van der Waals surface area contributed by atoms with Gasteiger partial charge in [0, 0.05) is 39.8 Å². The largest absolute Gasteiger partial charge is 0.444 e. The average Bonchev–Trinajstić information content (AvgIpc) is 2.51. The molecule has 0 aromatic rings. The van der Waals surface area contributed by atoms with Crippen molar-refractivity contribution in [3.05, 3.63) is 0 Å². The molecule has 27 heavy (non-hydrogen) atoms. The van der Waals surface area contributed by atoms with Crippen molar-refractivity contribution in [1.29, 1.82) is 0 Å². The zero-order valence-electron chi connectivity index (χ0n) is 18.2. The van der Waals surface area contributed by atoms with Crippen LogP contribution in [0.2, 0.25) is 0 Å². The lowest BCUT2D eigenvalue weighted by molar-refractivity contribution is 0.0186. The molecular formula is C19H39IN4O3. The quantitative estimate of drug-likeness (QED) is 0.354. The summed E-state index contributed by atoms with van der Waals surface area (Å²) in [4.78, 5) is 18.4. The summed E-state index contributed by atoms with van der Waals surface area (Å²) in [6.07, 6.45) is 1.76. The van der Waals surface area contributed by atoms with Crippen LogP contribution >= 0.6 is 24.0 Å². The van der Waals surface area contributed by atoms with Gasteiger partial charge in [0.15, 0.2) is 5.96 Å². The third-order valence-corrected chi connectivity index (χ3v) is 4.34. The van der Waals surface area contributed by atoms with E-state index in [0.717, 1.165) is 25.3 Å². The maximum atomic E-state index is 12.3. The Morgan fingerprint density at radius 1 is 1.26 bits per heavy atom. The van der Waals surface area contributed by atoms with Crippen molar-refractivity contribution < 1.29 is 14.3 Å². The van der Waals surface area contributed by atoms with E-state index in [1.165, 1.54) is 0 Å². The van der Waals surface area contributed by atoms with Crippen molar-refractivity contribution in [3.63, 3.8) is 0 Å². The van der Waals surface area contributed by atoms with E-state index in [1.54, 1.807) is 19.1 Å². The van der Waals surface area contributed by atoms with Crippen LogP contribution in [0.4, 0.5) is 4.79 Å². The van der Waals surface area contributed by atoms with Gasteiger partial charge in [-0.15, -0.1) is 24.0 Å². The summed E-state index contributed by atoms with van der Waals surface area (Å²) in [6.45, 7) is 14.1. The number of nitrogens with one attached hydrogen (secondary N) is 2. The predicted octanol–water partition coefficient (Wildman–Crippen LogP) is 3.23. The Labute approximate surface area is 182 Å². The van der Waals surface area contributed by atoms with Crippen molar-refractivity contribution in [1.82, 2.24) is 15.5 Å². The maximum Gasteiger partial charge on any atom is 0.410 e. The Balaban J connectivity index is 0.00000676. The molecule has 0 aromatic carbocycles. The number of likely N-dealkylation sites (tertiary alicyclic amines) is 1. The van der Waals surface area contributed by atoms with E-state index in [0.29, 0.717) is 13.1 Å². The highest BCUT2D eigenvalue weighted by atomic mass is 127. The van der Waals surface area contributed by atoms with Crippen LogP contribution in [0.25, 0.3) is 0 Å². The van der Waals surface area contributed by atoms with Gasteiger partial charge in [0.2, 0.25) is 0 Å². The van der Waals surface area contributed by atoms with Crippen LogP contribution in [0.15, 0.2) is 4.99 Å². The maximum absolute atomic E-state index is 12.3. The van der Waals surface area contributed by atoms with Gasteiger partial charge in [0.05, 0.1) is 6.10 Å². The highest BCUT2D eigenvalue weighted by Crippen LogP contribution is 2.21. The first-order valence-electron chi connectivity index (χ1n) is 9.44. The molecule has 0 radical (unpaired) electrons. The first kappa shape index (κ1) is 26.2. The van der Waals surface area contributed by atoms with Gasteiger partial charge in [-0.05, 0) is 39.0 Å². The van der Waals surface area contributed by atoms with Gasteiger partial charge in [-0.25, -0.2) is 4.79 Å². The number of halogens is 1. The van der Waals surface area contributed by atoms with Crippen molar-refractivity contribution in [3.8, 4) is 0 Å². The fourth-order valence-corrected chi connectivity index (χ4v) is 2.91. The molecule has 160 valence electrons. The van der Waals surface area contributed by atoms with E-state index in [1.807, 2.05) is 20.8 Å². The number of nitrogens with zero attached hydrogens (tertiary/aromatic N) is 2. The van der Waals surface area contributed by atoms with E-state index < -0.39 is 5.60 Å². The van der Waals surface area contributed by atoms with E-state index in [9.17, 15) is 4.79 Å². The van der Waals surface area contributed by atoms with Crippen molar-refractivity contribution in [2.24, 2.45) is 10.4 Å². The number of amides is 1. The second kappa shape index (κ2) is 11.3. The Morgan fingerprint density at radius 3 is 2.37 bits per heavy atom. The minimum Gasteiger partial charge on any atom is -0.444 e. The zero-order chi connectivity index (χ0) is 20.0. The summed E-state index contributed by atoms with van der Waals surface area (Å²) < 4.78 is 11.1. The summed E-state index contributed by atoms with van der Waals surface area (Å²) in [6, 6.07) is 0.151. The van der Waals surface area contributed by atoms with Gasteiger partial charge in [-0.3, -0.25) is 4.99 Å². The number of carbonyl (C=O) groups is 1. The Kier molecular flexibility index (Phi) is 11.0. The molecule has 8 heteroatoms. The van der Waals surface area contributed by atoms with Crippen molar-refractivity contribution in [2.75, 3.05) is 33.8 Å². The molecule has 1 saturated heterocycles. The molecule has 2 unspecified atom stereocenters. The number of methoxy groups -OCH3 is 1. The fourth-order valence-electron chi connectivity index (χ4n) is 2.91. The Morgan fingerprint density at radius 2 is 1.89 bits per heavy atom. The molecule has 1 aliphatic heterocycles. The molecule has 2 atom stereocenters. The third kappa shape index (κ3) is 9.82. The first-order chi connectivity index (χ1) is 12.0. The number of hydrogen-bond donors (Lipinski definition) is 2. The van der Waals surface area contributed by atoms with Gasteiger partial charge in [0.1, 0.15) is 5.60 Å². The fraction of sp³-hybridized carbons (Fsp3) is 0.895. The van der Waals surface area contributed by atoms with Crippen LogP contribution in [-0.2, 0) is 9.47 Å². The second-order valence-electron chi connectivity index (χ2n) is 8.95. The molecule has 7 nitrogen and oxygen atoms in total. The van der Waals surface area contributed by atoms with E-state index in [2.05, 4.69) is 36.4 Å². The first-order valence-corrected chi connectivity index (χ1v) is 9.44. The van der Waals surface area contributed by atoms with Crippen LogP contribution in [0, 0.1) is 5.41 Å². The molecule has 1 amide bonds. The van der Waals surface area contributed by atoms with E-state index >= 15 is 0 Å². The number of piperidine rings is 1. The van der Waals surface area contributed by atoms with Crippen LogP contribution in [0.3, 0.4) is 0 Å². The molecule has 0 aliphatic carbocycles. The van der Waals surface area contributed by atoms with E-state index in [4.69, 9.17) is 9.47 Å². The smallest absolute Gasteiger partial charge is 0.410 e. The number of carbonyl (C=O) groups excluding carboxylic acids is 1. The summed E-state index contributed by atoms with van der Waals surface area (Å²) >= 11 is 0. The second-order valence-corrected chi connectivity index (χ2v) is 8.95. The standard InChI is InChI=1S/C19H38N4O3.HI/c1-18(2,3)15(25-8)12-21-16(20-7)22-14-10-9-11-23(13-14)17(24)26-19(4,5)6;/h14-15H,9-13H2,1-8H3,(H2,20,21,22);1H. The SMILES string of the molecule is CN=C(NCC(OC)C(C)(C)C)NC1CCCN(C(=O)OC(C)(C)C)C1.I. The Hall–Kier alpha value is -0.770. The van der Waals surface area contributed by atoms with Gasteiger partial charge < -0.3 is 25.0 Å². The van der Waals surface area contributed by atoms with Crippen LogP contribution in [0.5, 0.6) is 0 Å². The molecule has 0 saturated carbocycles. The topological polar surface area (TPSA) is 75.2 Å². The summed E-state index contributed by atoms with van der Waals surface area (Å²) in [5.74, 6) is 0.729. The molecule has 1 rings (SSSR count). The lowest BCUT2D eigenvalue weighted by Crippen LogP contribution is -2.54. The number of hydrogen-bond acceptors (Lipinski definition) is 4. The zero-order valence-corrected chi connectivity index (χ0v) is 20.5. The molecule has 0 bridgehead atoms. The molecular weight excluding hydrogens is 459 g/mol. The minimum atomic E-state index is -0.475. The normalized spacial score (nSPS) is 19.8. The summed E-state index contributed by atoms with van der Waals surface area (Å²) in [5.41, 5.74) is -0.434. The van der Waals surface area contributed by atoms with Crippen LogP contribution < -0.4 is 10.6 Å². The van der Waals surface area contributed by atoms with Gasteiger partial charge >= 0.3 is 6.09 Å². The summed E-state index contributed by atoms with van der Waals surface area (Å²) in [5, 5.41) is 6.75. The molecule has 1 fully saturated rings. The number of ether oxygens (including phenoxy) is 2. The highest BCUT2D eigenvalue weighted by Gasteiger charge is 2.29.